The van der Waals surface area contributed by atoms with Crippen molar-refractivity contribution in [2.75, 3.05) is 6.61 Å². The Morgan fingerprint density at radius 1 is 1.06 bits per heavy atom. The van der Waals surface area contributed by atoms with Crippen molar-refractivity contribution in [1.29, 1.82) is 0 Å². The Hall–Kier alpha value is -3.54. The van der Waals surface area contributed by atoms with Gasteiger partial charge in [0.05, 0.1) is 18.2 Å². The van der Waals surface area contributed by atoms with Gasteiger partial charge in [0.1, 0.15) is 11.5 Å². The Kier molecular flexibility index (Phi) is 4.75. The number of nitrogens with zero attached hydrogens (tertiary/aromatic N) is 1. The van der Waals surface area contributed by atoms with Crippen LogP contribution in [0.5, 0.6) is 5.75 Å². The summed E-state index contributed by atoms with van der Waals surface area (Å²) in [5, 5.41) is 12.4. The number of aryl methyl sites for hydroxylation is 1. The number of amides is 1. The average Bonchev–Trinajstić information content (AvgIpc) is 3.57. The molecule has 1 saturated heterocycles. The fourth-order valence-corrected chi connectivity index (χ4v) is 5.70. The molecular weight excluding hydrogens is 416 g/mol. The number of para-hydroxylation sites is 1. The van der Waals surface area contributed by atoms with Crippen molar-refractivity contribution >= 4 is 28.4 Å². The van der Waals surface area contributed by atoms with E-state index in [4.69, 9.17) is 4.74 Å². The third kappa shape index (κ3) is 3.16. The first-order valence-corrected chi connectivity index (χ1v) is 11.8. The maximum Gasteiger partial charge on any atom is 0.295 e. The molecule has 2 fully saturated rings. The van der Waals surface area contributed by atoms with Crippen molar-refractivity contribution in [2.24, 2.45) is 0 Å². The molecule has 2 aromatic carbocycles. The summed E-state index contributed by atoms with van der Waals surface area (Å²) in [7, 11) is 0. The number of hydrogen-bond acceptors (Lipinski definition) is 4. The first kappa shape index (κ1) is 20.1. The number of aromatic nitrogens is 1. The van der Waals surface area contributed by atoms with E-state index in [-0.39, 0.29) is 17.4 Å². The first-order valence-electron chi connectivity index (χ1n) is 11.8. The highest BCUT2D eigenvalue weighted by atomic mass is 16.5. The van der Waals surface area contributed by atoms with E-state index < -0.39 is 17.7 Å². The molecule has 6 rings (SSSR count). The minimum Gasteiger partial charge on any atom is -0.507 e. The minimum absolute atomic E-state index is 0.00217. The number of ketones is 1. The van der Waals surface area contributed by atoms with Crippen molar-refractivity contribution in [1.82, 2.24) is 9.88 Å². The fraction of sp³-hybridized carbons (Fsp3) is 0.333. The number of benzene rings is 2. The number of H-pyrrole nitrogens is 1. The van der Waals surface area contributed by atoms with E-state index >= 15 is 0 Å². The number of ether oxygens (including phenoxy) is 1. The molecule has 1 aliphatic carbocycles. The van der Waals surface area contributed by atoms with Crippen LogP contribution in [-0.4, -0.2) is 39.3 Å². The second kappa shape index (κ2) is 7.80. The molecule has 1 aromatic heterocycles. The van der Waals surface area contributed by atoms with Crippen LogP contribution >= 0.6 is 0 Å². The number of aliphatic hydroxyl groups excluding tert-OH is 1. The summed E-state index contributed by atoms with van der Waals surface area (Å²) >= 11 is 0. The largest absolute Gasteiger partial charge is 0.507 e. The number of carbonyl (C=O) groups excluding carboxylic acids is 2. The summed E-state index contributed by atoms with van der Waals surface area (Å²) in [4.78, 5) is 31.7. The smallest absolute Gasteiger partial charge is 0.295 e. The van der Waals surface area contributed by atoms with Gasteiger partial charge in [-0.3, -0.25) is 9.59 Å². The molecule has 1 atom stereocenters. The minimum atomic E-state index is -0.614. The number of rotatable bonds is 3. The molecule has 33 heavy (non-hydrogen) atoms. The molecular formula is C27H26N2O4. The van der Waals surface area contributed by atoms with Crippen LogP contribution in [0, 0.1) is 0 Å². The maximum absolute atomic E-state index is 13.4. The Bertz CT molecular complexity index is 1300. The van der Waals surface area contributed by atoms with Gasteiger partial charge < -0.3 is 19.7 Å². The number of carbonyl (C=O) groups is 2. The molecule has 2 aliphatic heterocycles. The van der Waals surface area contributed by atoms with E-state index in [0.717, 1.165) is 66.3 Å². The van der Waals surface area contributed by atoms with Crippen LogP contribution in [0.25, 0.3) is 16.7 Å². The number of hydrogen-bond donors (Lipinski definition) is 2. The summed E-state index contributed by atoms with van der Waals surface area (Å²) < 4.78 is 5.70. The second-order valence-electron chi connectivity index (χ2n) is 9.21. The molecule has 0 bridgehead atoms. The van der Waals surface area contributed by atoms with E-state index in [9.17, 15) is 14.7 Å². The number of fused-ring (bicyclic) bond motifs is 2. The SMILES string of the molecule is O=C1C(=O)N(C2CCCC2)C(c2c[nH]c3ccccc23)/C1=C(\O)c1ccc2c(c1)CCCO2. The highest BCUT2D eigenvalue weighted by Gasteiger charge is 2.49. The monoisotopic (exact) mass is 442 g/mol. The van der Waals surface area contributed by atoms with Crippen molar-refractivity contribution in [3.63, 3.8) is 0 Å². The zero-order valence-electron chi connectivity index (χ0n) is 18.3. The van der Waals surface area contributed by atoms with Crippen LogP contribution < -0.4 is 4.74 Å². The molecule has 1 amide bonds. The van der Waals surface area contributed by atoms with E-state index in [1.807, 2.05) is 42.6 Å². The van der Waals surface area contributed by atoms with Crippen LogP contribution in [0.2, 0.25) is 0 Å². The lowest BCUT2D eigenvalue weighted by molar-refractivity contribution is -0.141. The van der Waals surface area contributed by atoms with Gasteiger partial charge in [-0.1, -0.05) is 31.0 Å². The van der Waals surface area contributed by atoms with E-state index in [0.29, 0.717) is 12.2 Å². The highest BCUT2D eigenvalue weighted by molar-refractivity contribution is 6.46. The van der Waals surface area contributed by atoms with Crippen LogP contribution in [0.3, 0.4) is 0 Å². The number of nitrogens with one attached hydrogen (secondary N) is 1. The molecule has 0 spiro atoms. The van der Waals surface area contributed by atoms with Gasteiger partial charge in [0.15, 0.2) is 0 Å². The molecule has 1 unspecified atom stereocenters. The molecule has 6 heteroatoms. The summed E-state index contributed by atoms with van der Waals surface area (Å²) in [5.74, 6) is -0.418. The molecule has 0 radical (unpaired) electrons. The predicted octanol–water partition coefficient (Wildman–Crippen LogP) is 4.86. The van der Waals surface area contributed by atoms with Gasteiger partial charge in [0.25, 0.3) is 11.7 Å². The van der Waals surface area contributed by atoms with Gasteiger partial charge in [-0.2, -0.15) is 0 Å². The average molecular weight is 443 g/mol. The van der Waals surface area contributed by atoms with Crippen LogP contribution in [-0.2, 0) is 16.0 Å². The molecule has 2 N–H and O–H groups in total. The molecule has 3 aromatic rings. The van der Waals surface area contributed by atoms with Crippen LogP contribution in [0.15, 0.2) is 54.2 Å². The Morgan fingerprint density at radius 3 is 2.73 bits per heavy atom. The van der Waals surface area contributed by atoms with Crippen molar-refractivity contribution in [3.8, 4) is 5.75 Å². The normalized spacial score (nSPS) is 22.7. The summed E-state index contributed by atoms with van der Waals surface area (Å²) in [5.41, 5.74) is 3.52. The number of likely N-dealkylation sites (tertiary alicyclic amines) is 1. The van der Waals surface area contributed by atoms with E-state index in [1.165, 1.54) is 0 Å². The molecule has 1 saturated carbocycles. The number of Topliss-reactive ketones (excluding diaryl/α,β-unsaturated/α-hetero) is 1. The van der Waals surface area contributed by atoms with Crippen molar-refractivity contribution < 1.29 is 19.4 Å². The lowest BCUT2D eigenvalue weighted by Gasteiger charge is -2.30. The summed E-state index contributed by atoms with van der Waals surface area (Å²) in [6, 6.07) is 12.8. The van der Waals surface area contributed by atoms with E-state index in [2.05, 4.69) is 4.98 Å². The lowest BCUT2D eigenvalue weighted by atomic mass is 9.93. The number of aliphatic hydroxyl groups is 1. The standard InChI is InChI=1S/C27H26N2O4/c30-25(17-11-12-22-16(14-17)6-5-13-33-22)23-24(20-15-28-21-10-4-3-9-19(20)21)29(27(32)26(23)31)18-7-1-2-8-18/h3-4,9-12,14-15,18,24,28,30H,1-2,5-8,13H2/b25-23+. The third-order valence-electron chi connectivity index (χ3n) is 7.30. The zero-order valence-corrected chi connectivity index (χ0v) is 18.3. The van der Waals surface area contributed by atoms with Gasteiger partial charge in [-0.05, 0) is 55.5 Å². The predicted molar refractivity (Wildman–Crippen MR) is 125 cm³/mol. The quantitative estimate of drug-likeness (QED) is 0.345. The summed E-state index contributed by atoms with van der Waals surface area (Å²) in [6.45, 7) is 0.686. The van der Waals surface area contributed by atoms with Crippen molar-refractivity contribution in [3.05, 3.63) is 70.9 Å². The van der Waals surface area contributed by atoms with Gasteiger partial charge in [0.2, 0.25) is 0 Å². The first-order chi connectivity index (χ1) is 16.1. The van der Waals surface area contributed by atoms with Crippen LogP contribution in [0.1, 0.15) is 54.8 Å². The summed E-state index contributed by atoms with van der Waals surface area (Å²) in [6.07, 6.45) is 7.48. The Morgan fingerprint density at radius 2 is 1.88 bits per heavy atom. The fourth-order valence-electron chi connectivity index (χ4n) is 5.70. The molecule has 6 nitrogen and oxygen atoms in total. The molecule has 3 heterocycles. The van der Waals surface area contributed by atoms with E-state index in [1.54, 1.807) is 11.0 Å². The highest BCUT2D eigenvalue weighted by Crippen LogP contribution is 2.45. The van der Waals surface area contributed by atoms with Crippen LogP contribution in [0.4, 0.5) is 0 Å². The van der Waals surface area contributed by atoms with Gasteiger partial charge in [-0.25, -0.2) is 0 Å². The third-order valence-corrected chi connectivity index (χ3v) is 7.30. The van der Waals surface area contributed by atoms with Gasteiger partial charge in [0, 0.05) is 34.3 Å². The molecule has 3 aliphatic rings. The maximum atomic E-state index is 13.4. The lowest BCUT2D eigenvalue weighted by Crippen LogP contribution is -2.37. The molecule has 168 valence electrons. The van der Waals surface area contributed by atoms with Gasteiger partial charge in [-0.15, -0.1) is 0 Å². The Balaban J connectivity index is 1.54. The van der Waals surface area contributed by atoms with Gasteiger partial charge >= 0.3 is 0 Å². The zero-order chi connectivity index (χ0) is 22.5. The number of aromatic amines is 1. The Labute approximate surface area is 191 Å². The topological polar surface area (TPSA) is 82.6 Å². The van der Waals surface area contributed by atoms with Crippen molar-refractivity contribution in [2.45, 2.75) is 50.6 Å². The second-order valence-corrected chi connectivity index (χ2v) is 9.21.